The summed E-state index contributed by atoms with van der Waals surface area (Å²) in [4.78, 5) is 0. The number of nitrogens with one attached hydrogen (secondary N) is 2. The zero-order valence-electron chi connectivity index (χ0n) is 6.77. The molecule has 0 saturated heterocycles. The Morgan fingerprint density at radius 3 is 2.69 bits per heavy atom. The van der Waals surface area contributed by atoms with Gasteiger partial charge < -0.3 is 12.8 Å². The molecule has 0 bridgehead atoms. The van der Waals surface area contributed by atoms with Gasteiger partial charge in [-0.25, -0.2) is 9.53 Å². The normalized spacial score (nSPS) is 15.1. The minimum absolute atomic E-state index is 0.908. The quantitative estimate of drug-likeness (QED) is 0.513. The van der Waals surface area contributed by atoms with Gasteiger partial charge >= 0.3 is 0 Å². The summed E-state index contributed by atoms with van der Waals surface area (Å²) in [6.45, 7) is 0. The maximum atomic E-state index is 4.85. The van der Waals surface area contributed by atoms with Crippen LogP contribution < -0.4 is 11.0 Å². The molecule has 0 spiro atoms. The minimum atomic E-state index is 0.908. The lowest BCUT2D eigenvalue weighted by Gasteiger charge is -2.12. The monoisotopic (exact) mass is 192 g/mol. The second-order valence-electron chi connectivity index (χ2n) is 2.55. The van der Waals surface area contributed by atoms with Crippen LogP contribution in [0.3, 0.4) is 0 Å². The van der Waals surface area contributed by atoms with Crippen molar-refractivity contribution in [2.45, 2.75) is 0 Å². The second-order valence-corrected chi connectivity index (χ2v) is 2.92. The van der Waals surface area contributed by atoms with Gasteiger partial charge in [-0.1, -0.05) is 35.9 Å². The summed E-state index contributed by atoms with van der Waals surface area (Å²) in [6.07, 6.45) is 1.74. The van der Waals surface area contributed by atoms with E-state index in [0.29, 0.717) is 0 Å². The van der Waals surface area contributed by atoms with Crippen molar-refractivity contribution in [3.8, 4) is 0 Å². The van der Waals surface area contributed by atoms with E-state index in [2.05, 4.69) is 16.2 Å². The molecule has 1 heterocycles. The Labute approximate surface area is 81.5 Å². The predicted molar refractivity (Wildman–Crippen MR) is 50.7 cm³/mol. The summed E-state index contributed by atoms with van der Waals surface area (Å²) in [7, 11) is 0. The Balaban J connectivity index is 2.32. The van der Waals surface area contributed by atoms with Crippen molar-refractivity contribution in [1.29, 1.82) is 0 Å². The summed E-state index contributed by atoms with van der Waals surface area (Å²) in [5, 5.41) is 3.72. The summed E-state index contributed by atoms with van der Waals surface area (Å²) >= 11 is 4.85. The van der Waals surface area contributed by atoms with E-state index in [0.717, 1.165) is 11.3 Å². The Kier molecular flexibility index (Phi) is 2.09. The standard InChI is InChI=1S/C8H8N4S/c13-12-6-8(9-10-11-12)7-4-2-1-3-5-7/h1-6,9-10H. The largest absolute Gasteiger partial charge is 0.527 e. The molecule has 1 aromatic carbocycles. The highest BCUT2D eigenvalue weighted by molar-refractivity contribution is 7.51. The van der Waals surface area contributed by atoms with Gasteiger partial charge in [0.05, 0.1) is 5.22 Å². The number of benzene rings is 1. The highest BCUT2D eigenvalue weighted by Gasteiger charge is 2.06. The first-order valence-corrected chi connectivity index (χ1v) is 4.18. The summed E-state index contributed by atoms with van der Waals surface area (Å²) in [6, 6.07) is 9.90. The molecule has 1 aliphatic heterocycles. The molecule has 1 aromatic rings. The lowest BCUT2D eigenvalue weighted by Crippen LogP contribution is -2.30. The Bertz CT molecular complexity index is 358. The van der Waals surface area contributed by atoms with Crippen LogP contribution in [0.4, 0.5) is 0 Å². The first kappa shape index (κ1) is 8.00. The second kappa shape index (κ2) is 3.40. The van der Waals surface area contributed by atoms with E-state index in [1.807, 2.05) is 30.3 Å². The van der Waals surface area contributed by atoms with Crippen molar-refractivity contribution in [2.24, 2.45) is 5.22 Å². The van der Waals surface area contributed by atoms with Gasteiger partial charge in [-0.05, 0) is 0 Å². The highest BCUT2D eigenvalue weighted by Crippen LogP contribution is 2.10. The SMILES string of the molecule is [S-][N+]1=NNNC(c2ccccc2)=C1. The average molecular weight is 192 g/mol. The third-order valence-corrected chi connectivity index (χ3v) is 1.85. The van der Waals surface area contributed by atoms with Gasteiger partial charge in [0.2, 0.25) is 0 Å². The number of hydrogen-bond acceptors (Lipinski definition) is 4. The molecule has 0 aliphatic carbocycles. The predicted octanol–water partition coefficient (Wildman–Crippen LogP) is 0.934. The van der Waals surface area contributed by atoms with E-state index >= 15 is 0 Å². The topological polar surface area (TPSA) is 39.4 Å². The maximum Gasteiger partial charge on any atom is 0.123 e. The third kappa shape index (κ3) is 1.75. The highest BCUT2D eigenvalue weighted by atomic mass is 32.1. The third-order valence-electron chi connectivity index (χ3n) is 1.66. The van der Waals surface area contributed by atoms with Crippen molar-refractivity contribution in [3.63, 3.8) is 0 Å². The Morgan fingerprint density at radius 2 is 2.00 bits per heavy atom. The molecule has 2 rings (SSSR count). The Hall–Kier alpha value is -1.62. The van der Waals surface area contributed by atoms with Crippen LogP contribution in [0.25, 0.3) is 5.70 Å². The Morgan fingerprint density at radius 1 is 1.23 bits per heavy atom. The van der Waals surface area contributed by atoms with E-state index in [4.69, 9.17) is 12.8 Å². The molecular weight excluding hydrogens is 184 g/mol. The molecule has 0 fully saturated rings. The molecule has 0 atom stereocenters. The summed E-state index contributed by atoms with van der Waals surface area (Å²) < 4.78 is 1.30. The summed E-state index contributed by atoms with van der Waals surface area (Å²) in [5.41, 5.74) is 7.49. The smallest absolute Gasteiger partial charge is 0.123 e. The zero-order valence-corrected chi connectivity index (χ0v) is 7.58. The molecule has 0 unspecified atom stereocenters. The maximum absolute atomic E-state index is 4.85. The van der Waals surface area contributed by atoms with Crippen molar-refractivity contribution in [1.82, 2.24) is 11.0 Å². The molecule has 0 saturated carbocycles. The van der Waals surface area contributed by atoms with Crippen molar-refractivity contribution >= 4 is 18.5 Å². The molecular formula is C8H8N4S. The molecule has 2 N–H and O–H groups in total. The van der Waals surface area contributed by atoms with Gasteiger partial charge in [0.1, 0.15) is 11.9 Å². The first-order chi connectivity index (χ1) is 6.36. The van der Waals surface area contributed by atoms with Gasteiger partial charge in [-0.15, -0.1) is 0 Å². The number of hydrogen-bond donors (Lipinski definition) is 2. The van der Waals surface area contributed by atoms with Crippen molar-refractivity contribution in [3.05, 3.63) is 42.1 Å². The lowest BCUT2D eigenvalue weighted by molar-refractivity contribution is -0.358. The fourth-order valence-electron chi connectivity index (χ4n) is 1.07. The van der Waals surface area contributed by atoms with Gasteiger partial charge in [0, 0.05) is 5.56 Å². The fraction of sp³-hybridized carbons (Fsp3) is 0. The van der Waals surface area contributed by atoms with E-state index in [9.17, 15) is 0 Å². The van der Waals surface area contributed by atoms with E-state index in [1.54, 1.807) is 6.20 Å². The van der Waals surface area contributed by atoms with Crippen LogP contribution in [0, 0.1) is 0 Å². The van der Waals surface area contributed by atoms with E-state index in [1.165, 1.54) is 4.10 Å². The molecule has 4 nitrogen and oxygen atoms in total. The van der Waals surface area contributed by atoms with Crippen LogP contribution in [-0.2, 0) is 12.8 Å². The van der Waals surface area contributed by atoms with Crippen LogP contribution in [0.2, 0.25) is 0 Å². The summed E-state index contributed by atoms with van der Waals surface area (Å²) in [5.74, 6) is 0. The van der Waals surface area contributed by atoms with E-state index < -0.39 is 0 Å². The van der Waals surface area contributed by atoms with Crippen LogP contribution in [-0.4, -0.2) is 4.10 Å². The van der Waals surface area contributed by atoms with Gasteiger partial charge in [-0.2, -0.15) is 0 Å². The number of nitrogens with zero attached hydrogens (tertiary/aromatic N) is 2. The first-order valence-electron chi connectivity index (χ1n) is 3.81. The molecule has 1 aliphatic rings. The molecule has 0 amide bonds. The number of rotatable bonds is 1. The minimum Gasteiger partial charge on any atom is -0.527 e. The average Bonchev–Trinajstić information content (AvgIpc) is 2.19. The zero-order chi connectivity index (χ0) is 9.10. The van der Waals surface area contributed by atoms with Crippen LogP contribution in [0.1, 0.15) is 5.56 Å². The van der Waals surface area contributed by atoms with Gasteiger partial charge in [0.25, 0.3) is 0 Å². The van der Waals surface area contributed by atoms with Crippen LogP contribution in [0.15, 0.2) is 41.8 Å². The van der Waals surface area contributed by atoms with Gasteiger partial charge in [0.15, 0.2) is 0 Å². The number of hydrazine groups is 1. The molecule has 66 valence electrons. The van der Waals surface area contributed by atoms with Crippen molar-refractivity contribution in [2.75, 3.05) is 0 Å². The molecule has 13 heavy (non-hydrogen) atoms. The van der Waals surface area contributed by atoms with E-state index in [-0.39, 0.29) is 0 Å². The van der Waals surface area contributed by atoms with Crippen LogP contribution in [0.5, 0.6) is 0 Å². The molecule has 0 radical (unpaired) electrons. The van der Waals surface area contributed by atoms with Crippen molar-refractivity contribution < 1.29 is 4.10 Å². The van der Waals surface area contributed by atoms with Gasteiger partial charge in [-0.3, -0.25) is 0 Å². The van der Waals surface area contributed by atoms with Crippen LogP contribution >= 0.6 is 0 Å². The fourth-order valence-corrected chi connectivity index (χ4v) is 1.22. The molecule has 0 aromatic heterocycles. The lowest BCUT2D eigenvalue weighted by atomic mass is 10.2. The molecule has 5 heteroatoms.